The van der Waals surface area contributed by atoms with E-state index in [9.17, 15) is 4.39 Å². The monoisotopic (exact) mass is 305 g/mol. The lowest BCUT2D eigenvalue weighted by molar-refractivity contribution is -0.0538. The Labute approximate surface area is 130 Å². The third kappa shape index (κ3) is 2.69. The molecule has 0 atom stereocenters. The van der Waals surface area contributed by atoms with Crippen LogP contribution in [0.4, 0.5) is 10.1 Å². The largest absolute Gasteiger partial charge is 0.396 e. The van der Waals surface area contributed by atoms with Crippen LogP contribution in [-0.4, -0.2) is 5.75 Å². The second-order valence-electron chi connectivity index (χ2n) is 7.70. The summed E-state index contributed by atoms with van der Waals surface area (Å²) in [5.74, 6) is 3.91. The van der Waals surface area contributed by atoms with Gasteiger partial charge in [-0.25, -0.2) is 4.39 Å². The van der Waals surface area contributed by atoms with Crippen molar-refractivity contribution in [3.8, 4) is 0 Å². The van der Waals surface area contributed by atoms with E-state index in [1.807, 2.05) is 6.07 Å². The molecule has 3 heteroatoms. The molecule has 0 saturated heterocycles. The maximum atomic E-state index is 13.5. The first kappa shape index (κ1) is 13.9. The van der Waals surface area contributed by atoms with Gasteiger partial charge in [0.15, 0.2) is 0 Å². The van der Waals surface area contributed by atoms with E-state index in [1.165, 1.54) is 44.9 Å². The van der Waals surface area contributed by atoms with Gasteiger partial charge < -0.3 is 5.73 Å². The van der Waals surface area contributed by atoms with Crippen molar-refractivity contribution in [2.45, 2.75) is 49.8 Å². The summed E-state index contributed by atoms with van der Waals surface area (Å²) >= 11 is 1.80. The summed E-state index contributed by atoms with van der Waals surface area (Å²) in [4.78, 5) is 1.02. The fraction of sp³-hybridized carbons (Fsp3) is 0.667. The van der Waals surface area contributed by atoms with E-state index in [1.54, 1.807) is 23.9 Å². The predicted octanol–water partition coefficient (Wildman–Crippen LogP) is 5.11. The normalized spacial score (nSPS) is 37.1. The minimum absolute atomic E-state index is 0.250. The summed E-state index contributed by atoms with van der Waals surface area (Å²) in [5.41, 5.74) is 6.42. The molecule has 0 aromatic heterocycles. The summed E-state index contributed by atoms with van der Waals surface area (Å²) in [5, 5.41) is 0. The van der Waals surface area contributed by atoms with E-state index in [0.29, 0.717) is 5.41 Å². The second kappa shape index (κ2) is 5.19. The van der Waals surface area contributed by atoms with Crippen LogP contribution in [0.1, 0.15) is 44.9 Å². The van der Waals surface area contributed by atoms with Gasteiger partial charge in [0.1, 0.15) is 5.82 Å². The molecule has 4 saturated carbocycles. The van der Waals surface area contributed by atoms with Crippen LogP contribution in [0.15, 0.2) is 23.1 Å². The summed E-state index contributed by atoms with van der Waals surface area (Å²) < 4.78 is 13.5. The zero-order chi connectivity index (χ0) is 14.4. The van der Waals surface area contributed by atoms with Gasteiger partial charge in [0, 0.05) is 4.90 Å². The maximum Gasteiger partial charge on any atom is 0.147 e. The Balaban J connectivity index is 1.37. The van der Waals surface area contributed by atoms with Crippen molar-refractivity contribution in [3.63, 3.8) is 0 Å². The highest BCUT2D eigenvalue weighted by molar-refractivity contribution is 7.99. The Morgan fingerprint density at radius 1 is 1.10 bits per heavy atom. The SMILES string of the molecule is Nc1ccc(SCCC23CC4CC(CC(C4)C2)C3)cc1F. The molecule has 5 rings (SSSR count). The van der Waals surface area contributed by atoms with E-state index in [0.717, 1.165) is 28.4 Å². The van der Waals surface area contributed by atoms with Crippen LogP contribution in [0.2, 0.25) is 0 Å². The first-order valence-corrected chi connectivity index (χ1v) is 9.28. The number of nitrogen functional groups attached to an aromatic ring is 1. The van der Waals surface area contributed by atoms with Gasteiger partial charge in [-0.1, -0.05) is 0 Å². The van der Waals surface area contributed by atoms with Gasteiger partial charge in [-0.15, -0.1) is 11.8 Å². The van der Waals surface area contributed by atoms with Crippen LogP contribution < -0.4 is 5.73 Å². The average molecular weight is 305 g/mol. The van der Waals surface area contributed by atoms with E-state index in [4.69, 9.17) is 5.73 Å². The molecule has 114 valence electrons. The number of hydrogen-bond donors (Lipinski definition) is 1. The molecule has 4 aliphatic rings. The Kier molecular flexibility index (Phi) is 3.44. The highest BCUT2D eigenvalue weighted by atomic mass is 32.2. The third-order valence-corrected chi connectivity index (χ3v) is 7.03. The van der Waals surface area contributed by atoms with Crippen molar-refractivity contribution in [1.29, 1.82) is 0 Å². The van der Waals surface area contributed by atoms with E-state index in [2.05, 4.69) is 0 Å². The summed E-state index contributed by atoms with van der Waals surface area (Å²) in [6, 6.07) is 5.21. The van der Waals surface area contributed by atoms with Crippen LogP contribution in [-0.2, 0) is 0 Å². The first-order chi connectivity index (χ1) is 10.1. The van der Waals surface area contributed by atoms with Crippen LogP contribution in [0.25, 0.3) is 0 Å². The molecule has 4 fully saturated rings. The standard InChI is InChI=1S/C18H24FNS/c19-16-8-15(1-2-17(16)20)21-4-3-18-9-12-5-13(10-18)7-14(6-12)11-18/h1-2,8,12-14H,3-7,9-11,20H2. The number of halogens is 1. The summed E-state index contributed by atoms with van der Waals surface area (Å²) in [6.45, 7) is 0. The van der Waals surface area contributed by atoms with E-state index in [-0.39, 0.29) is 11.5 Å². The van der Waals surface area contributed by atoms with Crippen LogP contribution in [0.5, 0.6) is 0 Å². The number of thioether (sulfide) groups is 1. The fourth-order valence-electron chi connectivity index (χ4n) is 5.58. The number of benzene rings is 1. The summed E-state index contributed by atoms with van der Waals surface area (Å²) in [6.07, 6.45) is 10.2. The molecular formula is C18H24FNS. The highest BCUT2D eigenvalue weighted by Gasteiger charge is 2.50. The van der Waals surface area contributed by atoms with Crippen molar-refractivity contribution in [2.24, 2.45) is 23.2 Å². The molecule has 0 amide bonds. The Morgan fingerprint density at radius 3 is 2.29 bits per heavy atom. The lowest BCUT2D eigenvalue weighted by Gasteiger charge is -2.57. The highest BCUT2D eigenvalue weighted by Crippen LogP contribution is 2.61. The summed E-state index contributed by atoms with van der Waals surface area (Å²) in [7, 11) is 0. The molecule has 21 heavy (non-hydrogen) atoms. The van der Waals surface area contributed by atoms with Gasteiger partial charge in [-0.3, -0.25) is 0 Å². The Morgan fingerprint density at radius 2 is 1.71 bits per heavy atom. The molecule has 4 aliphatic carbocycles. The lowest BCUT2D eigenvalue weighted by atomic mass is 9.49. The third-order valence-electron chi connectivity index (χ3n) is 6.04. The first-order valence-electron chi connectivity index (χ1n) is 8.30. The van der Waals surface area contributed by atoms with Crippen molar-refractivity contribution < 1.29 is 4.39 Å². The van der Waals surface area contributed by atoms with Crippen molar-refractivity contribution >= 4 is 17.4 Å². The van der Waals surface area contributed by atoms with E-state index >= 15 is 0 Å². The topological polar surface area (TPSA) is 26.0 Å². The smallest absolute Gasteiger partial charge is 0.147 e. The fourth-order valence-corrected chi connectivity index (χ4v) is 6.70. The number of anilines is 1. The Bertz CT molecular complexity index is 507. The lowest BCUT2D eigenvalue weighted by Crippen LogP contribution is -2.46. The van der Waals surface area contributed by atoms with Gasteiger partial charge in [0.2, 0.25) is 0 Å². The minimum Gasteiger partial charge on any atom is -0.396 e. The van der Waals surface area contributed by atoms with Gasteiger partial charge in [0.25, 0.3) is 0 Å². The molecule has 1 aromatic rings. The van der Waals surface area contributed by atoms with Crippen molar-refractivity contribution in [3.05, 3.63) is 24.0 Å². The molecule has 1 aromatic carbocycles. The average Bonchev–Trinajstić information content (AvgIpc) is 2.41. The van der Waals surface area contributed by atoms with Gasteiger partial charge in [-0.05, 0) is 92.1 Å². The number of rotatable bonds is 4. The molecule has 0 heterocycles. The zero-order valence-corrected chi connectivity index (χ0v) is 13.3. The van der Waals surface area contributed by atoms with E-state index < -0.39 is 0 Å². The molecule has 0 unspecified atom stereocenters. The molecular weight excluding hydrogens is 281 g/mol. The number of nitrogens with two attached hydrogens (primary N) is 1. The quantitative estimate of drug-likeness (QED) is 0.618. The molecule has 1 nitrogen and oxygen atoms in total. The van der Waals surface area contributed by atoms with Gasteiger partial charge in [0.05, 0.1) is 5.69 Å². The molecule has 0 radical (unpaired) electrons. The van der Waals surface area contributed by atoms with Crippen molar-refractivity contribution in [2.75, 3.05) is 11.5 Å². The predicted molar refractivity (Wildman–Crippen MR) is 86.8 cm³/mol. The molecule has 2 N–H and O–H groups in total. The number of hydrogen-bond acceptors (Lipinski definition) is 2. The molecule has 0 aliphatic heterocycles. The zero-order valence-electron chi connectivity index (χ0n) is 12.5. The minimum atomic E-state index is -0.283. The van der Waals surface area contributed by atoms with Gasteiger partial charge >= 0.3 is 0 Å². The van der Waals surface area contributed by atoms with Gasteiger partial charge in [-0.2, -0.15) is 0 Å². The van der Waals surface area contributed by atoms with Crippen LogP contribution in [0.3, 0.4) is 0 Å². The van der Waals surface area contributed by atoms with Crippen LogP contribution in [0, 0.1) is 29.0 Å². The second-order valence-corrected chi connectivity index (χ2v) is 8.87. The molecule has 0 spiro atoms. The van der Waals surface area contributed by atoms with Crippen molar-refractivity contribution in [1.82, 2.24) is 0 Å². The molecule has 4 bridgehead atoms. The van der Waals surface area contributed by atoms with Crippen LogP contribution >= 0.6 is 11.8 Å². The Hall–Kier alpha value is -0.700. The maximum absolute atomic E-state index is 13.5.